The van der Waals surface area contributed by atoms with Gasteiger partial charge in [0.05, 0.1) is 6.61 Å². The molecule has 1 atom stereocenters. The van der Waals surface area contributed by atoms with Crippen LogP contribution in [0.1, 0.15) is 59.6 Å². The number of carbonyl (C=O) groups is 1. The van der Waals surface area contributed by atoms with Crippen molar-refractivity contribution in [3.8, 4) is 5.75 Å². The van der Waals surface area contributed by atoms with Crippen molar-refractivity contribution < 1.29 is 19.4 Å². The molecule has 0 saturated carbocycles. The van der Waals surface area contributed by atoms with E-state index in [1.54, 1.807) is 4.90 Å². The lowest BCUT2D eigenvalue weighted by atomic mass is 9.80. The first-order chi connectivity index (χ1) is 13.9. The van der Waals surface area contributed by atoms with Crippen LogP contribution in [0.15, 0.2) is 18.2 Å². The Kier molecular flexibility index (Phi) is 8.17. The third-order valence-electron chi connectivity index (χ3n) is 5.45. The lowest BCUT2D eigenvalue weighted by molar-refractivity contribution is 0.0404. The number of nitrogens with zero attached hydrogens (tertiary/aromatic N) is 2. The van der Waals surface area contributed by atoms with Crippen LogP contribution in [0.4, 0.5) is 4.79 Å². The highest BCUT2D eigenvalue weighted by atomic mass is 16.6. The molecule has 0 radical (unpaired) electrons. The van der Waals surface area contributed by atoms with Crippen molar-refractivity contribution in [3.63, 3.8) is 0 Å². The summed E-state index contributed by atoms with van der Waals surface area (Å²) >= 11 is 0. The van der Waals surface area contributed by atoms with E-state index in [-0.39, 0.29) is 23.5 Å². The fraction of sp³-hybridized carbons (Fsp3) is 0.708. The molecule has 170 valence electrons. The molecule has 1 fully saturated rings. The second-order valence-electron chi connectivity index (χ2n) is 10.2. The highest BCUT2D eigenvalue weighted by molar-refractivity contribution is 5.67. The third kappa shape index (κ3) is 6.88. The molecule has 0 aromatic heterocycles. The van der Waals surface area contributed by atoms with Crippen molar-refractivity contribution in [2.45, 2.75) is 65.4 Å². The minimum atomic E-state index is -0.589. The topological polar surface area (TPSA) is 62.2 Å². The number of aliphatic hydroxyl groups excluding tert-OH is 1. The van der Waals surface area contributed by atoms with E-state index in [9.17, 15) is 9.90 Å². The van der Waals surface area contributed by atoms with E-state index in [2.05, 4.69) is 58.6 Å². The molecule has 0 aliphatic carbocycles. The number of amides is 1. The maximum atomic E-state index is 11.8. The highest BCUT2D eigenvalue weighted by Crippen LogP contribution is 2.35. The molecule has 0 unspecified atom stereocenters. The molecule has 1 amide bonds. The van der Waals surface area contributed by atoms with Gasteiger partial charge < -0.3 is 19.5 Å². The second kappa shape index (κ2) is 10.0. The van der Waals surface area contributed by atoms with Crippen molar-refractivity contribution in [1.29, 1.82) is 0 Å². The number of β-amino-alcohol motifs (C(OH)–C–C–N with tert-alkyl or cyclic N) is 1. The molecule has 1 aliphatic heterocycles. The molecule has 1 saturated heterocycles. The first-order valence-corrected chi connectivity index (χ1v) is 11.0. The van der Waals surface area contributed by atoms with Gasteiger partial charge in [0.1, 0.15) is 18.5 Å². The smallest absolute Gasteiger partial charge is 0.409 e. The predicted octanol–water partition coefficient (Wildman–Crippen LogP) is 3.80. The molecular weight excluding hydrogens is 380 g/mol. The summed E-state index contributed by atoms with van der Waals surface area (Å²) in [6.45, 7) is 18.8. The predicted molar refractivity (Wildman–Crippen MR) is 120 cm³/mol. The third-order valence-corrected chi connectivity index (χ3v) is 5.45. The molecule has 0 spiro atoms. The normalized spacial score (nSPS) is 17.0. The standard InChI is InChI=1S/C24H40N2O4/c1-8-29-22(28)26-13-11-25(12-14-26)16-19(27)17-30-21-10-9-18(23(2,3)4)15-20(21)24(5,6)7/h9-10,15,19,27H,8,11-14,16-17H2,1-7H3/t19-/m1/s1. The van der Waals surface area contributed by atoms with Gasteiger partial charge in [0, 0.05) is 32.7 Å². The molecule has 30 heavy (non-hydrogen) atoms. The maximum absolute atomic E-state index is 11.8. The van der Waals surface area contributed by atoms with Crippen LogP contribution >= 0.6 is 0 Å². The van der Waals surface area contributed by atoms with Gasteiger partial charge in [-0.3, -0.25) is 4.90 Å². The van der Waals surface area contributed by atoms with Crippen molar-refractivity contribution >= 4 is 6.09 Å². The number of rotatable bonds is 6. The Bertz CT molecular complexity index is 698. The Morgan fingerprint density at radius 2 is 1.70 bits per heavy atom. The SMILES string of the molecule is CCOC(=O)N1CCN(C[C@@H](O)COc2ccc(C(C)(C)C)cc2C(C)(C)C)CC1. The number of benzene rings is 1. The molecule has 1 aromatic rings. The average Bonchev–Trinajstić information content (AvgIpc) is 2.65. The van der Waals surface area contributed by atoms with Crippen molar-refractivity contribution in [3.05, 3.63) is 29.3 Å². The first kappa shape index (κ1) is 24.5. The number of hydrogen-bond acceptors (Lipinski definition) is 5. The van der Waals surface area contributed by atoms with Gasteiger partial charge in [-0.05, 0) is 34.9 Å². The molecule has 1 N–H and O–H groups in total. The van der Waals surface area contributed by atoms with Gasteiger partial charge in [-0.2, -0.15) is 0 Å². The molecule has 2 rings (SSSR count). The monoisotopic (exact) mass is 420 g/mol. The van der Waals surface area contributed by atoms with Gasteiger partial charge in [-0.1, -0.05) is 53.7 Å². The zero-order valence-corrected chi connectivity index (χ0v) is 19.8. The van der Waals surface area contributed by atoms with Gasteiger partial charge in [0.25, 0.3) is 0 Å². The van der Waals surface area contributed by atoms with E-state index in [1.165, 1.54) is 5.56 Å². The summed E-state index contributed by atoms with van der Waals surface area (Å²) in [6, 6.07) is 6.38. The van der Waals surface area contributed by atoms with Gasteiger partial charge >= 0.3 is 6.09 Å². The molecule has 1 aliphatic rings. The summed E-state index contributed by atoms with van der Waals surface area (Å²) in [4.78, 5) is 15.7. The van der Waals surface area contributed by atoms with Crippen LogP contribution in [0.25, 0.3) is 0 Å². The van der Waals surface area contributed by atoms with Gasteiger partial charge in [0.15, 0.2) is 0 Å². The number of piperazine rings is 1. The van der Waals surface area contributed by atoms with Crippen LogP contribution in [-0.2, 0) is 15.6 Å². The zero-order valence-electron chi connectivity index (χ0n) is 19.8. The Morgan fingerprint density at radius 1 is 1.07 bits per heavy atom. The molecule has 6 nitrogen and oxygen atoms in total. The molecule has 1 aromatic carbocycles. The van der Waals surface area contributed by atoms with E-state index < -0.39 is 6.10 Å². The summed E-state index contributed by atoms with van der Waals surface area (Å²) in [7, 11) is 0. The largest absolute Gasteiger partial charge is 0.491 e. The van der Waals surface area contributed by atoms with Crippen LogP contribution < -0.4 is 4.74 Å². The Balaban J connectivity index is 1.92. The molecule has 0 bridgehead atoms. The Hall–Kier alpha value is -1.79. The highest BCUT2D eigenvalue weighted by Gasteiger charge is 2.25. The summed E-state index contributed by atoms with van der Waals surface area (Å²) in [5.41, 5.74) is 2.46. The van der Waals surface area contributed by atoms with E-state index in [1.807, 2.05) is 13.0 Å². The van der Waals surface area contributed by atoms with E-state index in [0.29, 0.717) is 26.2 Å². The number of ether oxygens (including phenoxy) is 2. The summed E-state index contributed by atoms with van der Waals surface area (Å²) in [5, 5.41) is 10.5. The van der Waals surface area contributed by atoms with Crippen molar-refractivity contribution in [1.82, 2.24) is 9.80 Å². The van der Waals surface area contributed by atoms with Gasteiger partial charge in [-0.25, -0.2) is 4.79 Å². The minimum absolute atomic E-state index is 0.0506. The van der Waals surface area contributed by atoms with Crippen LogP contribution in [0, 0.1) is 0 Å². The maximum Gasteiger partial charge on any atom is 0.409 e. The van der Waals surface area contributed by atoms with Crippen molar-refractivity contribution in [2.24, 2.45) is 0 Å². The minimum Gasteiger partial charge on any atom is -0.491 e. The van der Waals surface area contributed by atoms with Crippen LogP contribution in [0.2, 0.25) is 0 Å². The fourth-order valence-electron chi connectivity index (χ4n) is 3.57. The molecule has 6 heteroatoms. The number of hydrogen-bond donors (Lipinski definition) is 1. The summed E-state index contributed by atoms with van der Waals surface area (Å²) in [6.07, 6.45) is -0.844. The Morgan fingerprint density at radius 3 is 2.23 bits per heavy atom. The van der Waals surface area contributed by atoms with Crippen molar-refractivity contribution in [2.75, 3.05) is 45.9 Å². The lowest BCUT2D eigenvalue weighted by Crippen LogP contribution is -2.51. The fourth-order valence-corrected chi connectivity index (χ4v) is 3.57. The van der Waals surface area contributed by atoms with E-state index >= 15 is 0 Å². The summed E-state index contributed by atoms with van der Waals surface area (Å²) in [5.74, 6) is 0.835. The molecular formula is C24H40N2O4. The van der Waals surface area contributed by atoms with E-state index in [4.69, 9.17) is 9.47 Å². The lowest BCUT2D eigenvalue weighted by Gasteiger charge is -2.35. The quantitative estimate of drug-likeness (QED) is 0.759. The average molecular weight is 421 g/mol. The number of aliphatic hydroxyl groups is 1. The first-order valence-electron chi connectivity index (χ1n) is 11.0. The van der Waals surface area contributed by atoms with Gasteiger partial charge in [-0.15, -0.1) is 0 Å². The van der Waals surface area contributed by atoms with E-state index in [0.717, 1.165) is 24.4 Å². The van der Waals surface area contributed by atoms with Crippen LogP contribution in [-0.4, -0.2) is 73.0 Å². The second-order valence-corrected chi connectivity index (χ2v) is 10.2. The van der Waals surface area contributed by atoms with Gasteiger partial charge in [0.2, 0.25) is 0 Å². The molecule has 1 heterocycles. The number of carbonyl (C=O) groups excluding carboxylic acids is 1. The zero-order chi connectivity index (χ0) is 22.5. The van der Waals surface area contributed by atoms with Crippen LogP contribution in [0.5, 0.6) is 5.75 Å². The summed E-state index contributed by atoms with van der Waals surface area (Å²) < 4.78 is 11.1. The Labute approximate surface area is 182 Å². The van der Waals surface area contributed by atoms with Crippen LogP contribution in [0.3, 0.4) is 0 Å².